The molecule has 0 fully saturated rings. The minimum Gasteiger partial charge on any atom is -0.497 e. The monoisotopic (exact) mass is 325 g/mol. The molecule has 0 aliphatic heterocycles. The Morgan fingerprint density at radius 2 is 1.71 bits per heavy atom. The van der Waals surface area contributed by atoms with Crippen molar-refractivity contribution in [2.24, 2.45) is 0 Å². The van der Waals surface area contributed by atoms with E-state index in [0.29, 0.717) is 17.0 Å². The second-order valence-corrected chi connectivity index (χ2v) is 5.34. The van der Waals surface area contributed by atoms with Gasteiger partial charge in [0.1, 0.15) is 5.75 Å². The molecule has 0 saturated carbocycles. The van der Waals surface area contributed by atoms with Gasteiger partial charge < -0.3 is 15.2 Å². The van der Waals surface area contributed by atoms with E-state index < -0.39 is 5.97 Å². The Hall–Kier alpha value is -3.08. The summed E-state index contributed by atoms with van der Waals surface area (Å²) in [6.45, 7) is 1.95. The zero-order valence-electron chi connectivity index (χ0n) is 13.6. The van der Waals surface area contributed by atoms with Crippen molar-refractivity contribution in [2.75, 3.05) is 12.4 Å². The molecule has 0 heterocycles. The number of rotatable bonds is 6. The SMILES string of the molecule is COc1ccc(/C=C(/CC(=O)Nc2ccc(C)cc2)C(=O)O)cc1. The minimum atomic E-state index is -1.12. The van der Waals surface area contributed by atoms with Crippen LogP contribution in [0.3, 0.4) is 0 Å². The second kappa shape index (κ2) is 7.97. The van der Waals surface area contributed by atoms with Gasteiger partial charge in [0.2, 0.25) is 5.91 Å². The number of aryl methyl sites for hydroxylation is 1. The van der Waals surface area contributed by atoms with E-state index >= 15 is 0 Å². The van der Waals surface area contributed by atoms with Crippen molar-refractivity contribution in [3.63, 3.8) is 0 Å². The summed E-state index contributed by atoms with van der Waals surface area (Å²) in [4.78, 5) is 23.5. The number of nitrogens with one attached hydrogen (secondary N) is 1. The van der Waals surface area contributed by atoms with Gasteiger partial charge in [0.25, 0.3) is 0 Å². The predicted octanol–water partition coefficient (Wildman–Crippen LogP) is 3.50. The lowest BCUT2D eigenvalue weighted by Gasteiger charge is -2.07. The number of hydrogen-bond acceptors (Lipinski definition) is 3. The van der Waals surface area contributed by atoms with E-state index in [0.717, 1.165) is 5.56 Å². The predicted molar refractivity (Wildman–Crippen MR) is 93.0 cm³/mol. The van der Waals surface area contributed by atoms with Crippen LogP contribution in [0.1, 0.15) is 17.5 Å². The van der Waals surface area contributed by atoms with Gasteiger partial charge in [-0.25, -0.2) is 4.79 Å². The van der Waals surface area contributed by atoms with E-state index in [-0.39, 0.29) is 17.9 Å². The number of methoxy groups -OCH3 is 1. The number of anilines is 1. The van der Waals surface area contributed by atoms with Crippen LogP contribution in [0.15, 0.2) is 54.1 Å². The lowest BCUT2D eigenvalue weighted by molar-refractivity contribution is -0.133. The molecule has 5 nitrogen and oxygen atoms in total. The Morgan fingerprint density at radius 1 is 1.08 bits per heavy atom. The third-order valence-corrected chi connectivity index (χ3v) is 3.42. The molecule has 2 N–H and O–H groups in total. The number of carboxylic acids is 1. The van der Waals surface area contributed by atoms with E-state index in [1.54, 1.807) is 43.5 Å². The van der Waals surface area contributed by atoms with Gasteiger partial charge in [-0.2, -0.15) is 0 Å². The summed E-state index contributed by atoms with van der Waals surface area (Å²) in [5.41, 5.74) is 2.43. The van der Waals surface area contributed by atoms with Crippen molar-refractivity contribution in [1.29, 1.82) is 0 Å². The van der Waals surface area contributed by atoms with Gasteiger partial charge in [-0.05, 0) is 42.8 Å². The molecule has 0 bridgehead atoms. The Balaban J connectivity index is 2.09. The largest absolute Gasteiger partial charge is 0.497 e. The van der Waals surface area contributed by atoms with E-state index in [1.807, 2.05) is 19.1 Å². The summed E-state index contributed by atoms with van der Waals surface area (Å²) < 4.78 is 5.06. The van der Waals surface area contributed by atoms with Crippen molar-refractivity contribution >= 4 is 23.6 Å². The summed E-state index contributed by atoms with van der Waals surface area (Å²) in [5, 5.41) is 12.0. The molecule has 0 radical (unpaired) electrons. The van der Waals surface area contributed by atoms with Crippen LogP contribution in [-0.2, 0) is 9.59 Å². The maximum absolute atomic E-state index is 12.1. The van der Waals surface area contributed by atoms with Gasteiger partial charge in [0.05, 0.1) is 13.5 Å². The van der Waals surface area contributed by atoms with Gasteiger partial charge in [0.15, 0.2) is 0 Å². The Labute approximate surface area is 140 Å². The van der Waals surface area contributed by atoms with Crippen LogP contribution in [0.2, 0.25) is 0 Å². The highest BCUT2D eigenvalue weighted by molar-refractivity contribution is 6.02. The first-order valence-corrected chi connectivity index (χ1v) is 7.42. The first-order chi connectivity index (χ1) is 11.5. The van der Waals surface area contributed by atoms with Crippen LogP contribution < -0.4 is 10.1 Å². The molecule has 0 aliphatic carbocycles. The number of amides is 1. The summed E-state index contributed by atoms with van der Waals surface area (Å²) in [7, 11) is 1.56. The third-order valence-electron chi connectivity index (χ3n) is 3.42. The topological polar surface area (TPSA) is 75.6 Å². The Bertz CT molecular complexity index is 746. The number of carbonyl (C=O) groups excluding carboxylic acids is 1. The maximum Gasteiger partial charge on any atom is 0.332 e. The Kier molecular flexibility index (Phi) is 5.73. The van der Waals surface area contributed by atoms with Crippen LogP contribution in [0, 0.1) is 6.92 Å². The molecular weight excluding hydrogens is 306 g/mol. The fourth-order valence-corrected chi connectivity index (χ4v) is 2.10. The van der Waals surface area contributed by atoms with Gasteiger partial charge in [0, 0.05) is 11.3 Å². The molecule has 0 spiro atoms. The number of carbonyl (C=O) groups is 2. The molecule has 2 rings (SSSR count). The molecule has 0 aromatic heterocycles. The summed E-state index contributed by atoms with van der Waals surface area (Å²) >= 11 is 0. The standard InChI is InChI=1S/C19H19NO4/c1-13-3-7-16(8-4-13)20-18(21)12-15(19(22)23)11-14-5-9-17(24-2)10-6-14/h3-11H,12H2,1-2H3,(H,20,21)(H,22,23)/b15-11-. The first-order valence-electron chi connectivity index (χ1n) is 7.42. The fraction of sp³-hybridized carbons (Fsp3) is 0.158. The van der Waals surface area contributed by atoms with Crippen LogP contribution >= 0.6 is 0 Å². The number of hydrogen-bond donors (Lipinski definition) is 2. The van der Waals surface area contributed by atoms with Crippen molar-refractivity contribution in [1.82, 2.24) is 0 Å². The molecular formula is C19H19NO4. The zero-order valence-corrected chi connectivity index (χ0v) is 13.6. The van der Waals surface area contributed by atoms with Gasteiger partial charge in [-0.3, -0.25) is 4.79 Å². The van der Waals surface area contributed by atoms with Crippen molar-refractivity contribution in [3.8, 4) is 5.75 Å². The van der Waals surface area contributed by atoms with Crippen molar-refractivity contribution < 1.29 is 19.4 Å². The van der Waals surface area contributed by atoms with Gasteiger partial charge in [-0.15, -0.1) is 0 Å². The fourth-order valence-electron chi connectivity index (χ4n) is 2.10. The van der Waals surface area contributed by atoms with Crippen LogP contribution in [-0.4, -0.2) is 24.1 Å². The summed E-state index contributed by atoms with van der Waals surface area (Å²) in [5.74, 6) is -0.813. The average molecular weight is 325 g/mol. The molecule has 0 unspecified atom stereocenters. The number of aliphatic carboxylic acids is 1. The van der Waals surface area contributed by atoms with E-state index in [2.05, 4.69) is 5.32 Å². The number of carboxylic acid groups (broad SMARTS) is 1. The minimum absolute atomic E-state index is 0.0183. The molecule has 0 aliphatic rings. The van der Waals surface area contributed by atoms with Crippen LogP contribution in [0.25, 0.3) is 6.08 Å². The number of ether oxygens (including phenoxy) is 1. The normalized spacial score (nSPS) is 11.0. The highest BCUT2D eigenvalue weighted by Gasteiger charge is 2.13. The van der Waals surface area contributed by atoms with Crippen LogP contribution in [0.4, 0.5) is 5.69 Å². The summed E-state index contributed by atoms with van der Waals surface area (Å²) in [6.07, 6.45) is 1.27. The molecule has 0 atom stereocenters. The van der Waals surface area contributed by atoms with E-state index in [1.165, 1.54) is 6.08 Å². The van der Waals surface area contributed by atoms with Gasteiger partial charge >= 0.3 is 5.97 Å². The molecule has 124 valence electrons. The maximum atomic E-state index is 12.1. The smallest absolute Gasteiger partial charge is 0.332 e. The lowest BCUT2D eigenvalue weighted by atomic mass is 10.1. The molecule has 5 heteroatoms. The molecule has 2 aromatic carbocycles. The molecule has 0 saturated heterocycles. The first kappa shape index (κ1) is 17.3. The summed E-state index contributed by atoms with van der Waals surface area (Å²) in [6, 6.07) is 14.2. The lowest BCUT2D eigenvalue weighted by Crippen LogP contribution is -2.15. The van der Waals surface area contributed by atoms with E-state index in [9.17, 15) is 14.7 Å². The van der Waals surface area contributed by atoms with Crippen LogP contribution in [0.5, 0.6) is 5.75 Å². The van der Waals surface area contributed by atoms with Crippen molar-refractivity contribution in [2.45, 2.75) is 13.3 Å². The van der Waals surface area contributed by atoms with E-state index in [4.69, 9.17) is 4.74 Å². The average Bonchev–Trinajstić information content (AvgIpc) is 2.57. The second-order valence-electron chi connectivity index (χ2n) is 5.34. The Morgan fingerprint density at radius 3 is 2.25 bits per heavy atom. The quantitative estimate of drug-likeness (QED) is 0.797. The highest BCUT2D eigenvalue weighted by Crippen LogP contribution is 2.16. The third kappa shape index (κ3) is 4.98. The zero-order chi connectivity index (χ0) is 17.5. The molecule has 24 heavy (non-hydrogen) atoms. The van der Waals surface area contributed by atoms with Crippen molar-refractivity contribution in [3.05, 3.63) is 65.2 Å². The number of benzene rings is 2. The molecule has 2 aromatic rings. The van der Waals surface area contributed by atoms with Gasteiger partial charge in [-0.1, -0.05) is 29.8 Å². The highest BCUT2D eigenvalue weighted by atomic mass is 16.5. The molecule has 1 amide bonds.